The number of hydrogen-bond donors (Lipinski definition) is 1. The minimum atomic E-state index is -0.383. The van der Waals surface area contributed by atoms with Crippen molar-refractivity contribution in [2.45, 2.75) is 6.42 Å². The molecule has 1 heterocycles. The molecule has 1 aliphatic rings. The molecule has 0 radical (unpaired) electrons. The standard InChI is InChI=1S/C28H30N2O8/c1-33-20-7-9-21(10-8-20)37-13-5-12-30-22-16-19(6-11-23(22)38-17-26(30)31)29-28(32)18-14-24(34-2)27(36-4)25(15-18)35-3/h6-11,14-16H,5,12-13,17H2,1-4H3,(H,29,32). The van der Waals surface area contributed by atoms with E-state index in [0.29, 0.717) is 59.5 Å². The van der Waals surface area contributed by atoms with Crippen molar-refractivity contribution in [2.24, 2.45) is 0 Å². The summed E-state index contributed by atoms with van der Waals surface area (Å²) < 4.78 is 32.6. The van der Waals surface area contributed by atoms with E-state index in [-0.39, 0.29) is 18.4 Å². The van der Waals surface area contributed by atoms with Crippen LogP contribution in [0.3, 0.4) is 0 Å². The second kappa shape index (κ2) is 12.1. The van der Waals surface area contributed by atoms with Crippen molar-refractivity contribution in [1.29, 1.82) is 0 Å². The number of carbonyl (C=O) groups excluding carboxylic acids is 2. The number of carbonyl (C=O) groups is 2. The van der Waals surface area contributed by atoms with Crippen LogP contribution < -0.4 is 38.6 Å². The largest absolute Gasteiger partial charge is 0.497 e. The molecule has 0 fully saturated rings. The summed E-state index contributed by atoms with van der Waals surface area (Å²) in [4.78, 5) is 27.4. The van der Waals surface area contributed by atoms with Gasteiger partial charge < -0.3 is 38.6 Å². The molecule has 0 saturated heterocycles. The third kappa shape index (κ3) is 5.86. The third-order valence-electron chi connectivity index (χ3n) is 5.94. The molecule has 0 unspecified atom stereocenters. The van der Waals surface area contributed by atoms with Crippen LogP contribution in [0, 0.1) is 0 Å². The molecular weight excluding hydrogens is 492 g/mol. The number of nitrogens with zero attached hydrogens (tertiary/aromatic N) is 1. The lowest BCUT2D eigenvalue weighted by atomic mass is 10.1. The molecule has 2 amide bonds. The summed E-state index contributed by atoms with van der Waals surface area (Å²) >= 11 is 0. The first-order chi connectivity index (χ1) is 18.5. The minimum absolute atomic E-state index is 0.0521. The molecule has 10 nitrogen and oxygen atoms in total. The first-order valence-electron chi connectivity index (χ1n) is 11.9. The minimum Gasteiger partial charge on any atom is -0.497 e. The highest BCUT2D eigenvalue weighted by Gasteiger charge is 2.26. The monoisotopic (exact) mass is 522 g/mol. The molecular formula is C28H30N2O8. The summed E-state index contributed by atoms with van der Waals surface area (Å²) in [7, 11) is 6.07. The second-order valence-electron chi connectivity index (χ2n) is 8.26. The van der Waals surface area contributed by atoms with Gasteiger partial charge >= 0.3 is 0 Å². The number of hydrogen-bond acceptors (Lipinski definition) is 8. The fraction of sp³-hybridized carbons (Fsp3) is 0.286. The predicted molar refractivity (Wildman–Crippen MR) is 141 cm³/mol. The van der Waals surface area contributed by atoms with E-state index in [1.807, 2.05) is 24.3 Å². The zero-order valence-electron chi connectivity index (χ0n) is 21.7. The van der Waals surface area contributed by atoms with Crippen LogP contribution in [0.2, 0.25) is 0 Å². The molecule has 0 spiro atoms. The topological polar surface area (TPSA) is 105 Å². The lowest BCUT2D eigenvalue weighted by Crippen LogP contribution is -2.39. The van der Waals surface area contributed by atoms with E-state index in [2.05, 4.69) is 5.32 Å². The van der Waals surface area contributed by atoms with Gasteiger partial charge in [0.1, 0.15) is 17.2 Å². The summed E-state index contributed by atoms with van der Waals surface area (Å²) in [5.41, 5.74) is 1.39. The highest BCUT2D eigenvalue weighted by Crippen LogP contribution is 2.39. The molecule has 200 valence electrons. The van der Waals surface area contributed by atoms with E-state index in [1.165, 1.54) is 21.3 Å². The zero-order chi connectivity index (χ0) is 27.1. The second-order valence-corrected chi connectivity index (χ2v) is 8.26. The molecule has 1 N–H and O–H groups in total. The molecule has 38 heavy (non-hydrogen) atoms. The van der Waals surface area contributed by atoms with Crippen LogP contribution in [0.5, 0.6) is 34.5 Å². The number of fused-ring (bicyclic) bond motifs is 1. The van der Waals surface area contributed by atoms with Gasteiger partial charge in [0.2, 0.25) is 5.75 Å². The van der Waals surface area contributed by atoms with Gasteiger partial charge in [-0.25, -0.2) is 0 Å². The Labute approximate surface area is 221 Å². The molecule has 0 bridgehead atoms. The van der Waals surface area contributed by atoms with Gasteiger partial charge in [-0.15, -0.1) is 0 Å². The van der Waals surface area contributed by atoms with Crippen LogP contribution in [-0.2, 0) is 4.79 Å². The maximum absolute atomic E-state index is 13.1. The fourth-order valence-corrected chi connectivity index (χ4v) is 4.03. The van der Waals surface area contributed by atoms with Crippen LogP contribution in [0.1, 0.15) is 16.8 Å². The highest BCUT2D eigenvalue weighted by molar-refractivity contribution is 6.06. The van der Waals surface area contributed by atoms with Gasteiger partial charge in [0, 0.05) is 17.8 Å². The van der Waals surface area contributed by atoms with Crippen LogP contribution in [0.25, 0.3) is 0 Å². The fourth-order valence-electron chi connectivity index (χ4n) is 4.03. The van der Waals surface area contributed by atoms with Crippen molar-refractivity contribution in [3.05, 3.63) is 60.2 Å². The van der Waals surface area contributed by atoms with E-state index in [4.69, 9.17) is 28.4 Å². The lowest BCUT2D eigenvalue weighted by molar-refractivity contribution is -0.121. The van der Waals surface area contributed by atoms with Crippen LogP contribution in [0.15, 0.2) is 54.6 Å². The van der Waals surface area contributed by atoms with Gasteiger partial charge in [-0.2, -0.15) is 0 Å². The van der Waals surface area contributed by atoms with Crippen molar-refractivity contribution in [1.82, 2.24) is 0 Å². The number of anilines is 2. The third-order valence-corrected chi connectivity index (χ3v) is 5.94. The van der Waals surface area contributed by atoms with Gasteiger partial charge in [0.25, 0.3) is 11.8 Å². The average molecular weight is 523 g/mol. The van der Waals surface area contributed by atoms with E-state index in [1.54, 1.807) is 42.3 Å². The number of methoxy groups -OCH3 is 4. The molecule has 10 heteroatoms. The predicted octanol–water partition coefficient (Wildman–Crippen LogP) is 4.17. The number of benzene rings is 3. The maximum Gasteiger partial charge on any atom is 0.265 e. The van der Waals surface area contributed by atoms with Gasteiger partial charge in [0.05, 0.1) is 40.7 Å². The number of nitrogens with one attached hydrogen (secondary N) is 1. The molecule has 0 aromatic heterocycles. The van der Waals surface area contributed by atoms with Crippen molar-refractivity contribution in [2.75, 3.05) is 58.4 Å². The number of amides is 2. The highest BCUT2D eigenvalue weighted by atomic mass is 16.5. The Kier molecular flexibility index (Phi) is 8.42. The first-order valence-corrected chi connectivity index (χ1v) is 11.9. The molecule has 1 aliphatic heterocycles. The smallest absolute Gasteiger partial charge is 0.265 e. The van der Waals surface area contributed by atoms with Crippen LogP contribution >= 0.6 is 0 Å². The Morgan fingerprint density at radius 1 is 0.895 bits per heavy atom. The lowest BCUT2D eigenvalue weighted by Gasteiger charge is -2.30. The van der Waals surface area contributed by atoms with Crippen LogP contribution in [0.4, 0.5) is 11.4 Å². The van der Waals surface area contributed by atoms with Crippen molar-refractivity contribution < 1.29 is 38.0 Å². The Hall–Kier alpha value is -4.60. The van der Waals surface area contributed by atoms with E-state index in [9.17, 15) is 9.59 Å². The summed E-state index contributed by atoms with van der Waals surface area (Å²) in [5.74, 6) is 2.60. The maximum atomic E-state index is 13.1. The Balaban J connectivity index is 1.45. The Morgan fingerprint density at radius 3 is 2.21 bits per heavy atom. The quantitative estimate of drug-likeness (QED) is 0.374. The Morgan fingerprint density at radius 2 is 1.58 bits per heavy atom. The van der Waals surface area contributed by atoms with Crippen LogP contribution in [-0.4, -0.2) is 60.0 Å². The molecule has 0 saturated carbocycles. The molecule has 4 rings (SSSR count). The van der Waals surface area contributed by atoms with Crippen molar-refractivity contribution in [3.63, 3.8) is 0 Å². The van der Waals surface area contributed by atoms with Crippen molar-refractivity contribution in [3.8, 4) is 34.5 Å². The van der Waals surface area contributed by atoms with Gasteiger partial charge in [0.15, 0.2) is 18.1 Å². The van der Waals surface area contributed by atoms with E-state index in [0.717, 1.165) is 11.5 Å². The number of ether oxygens (including phenoxy) is 6. The molecule has 0 atom stereocenters. The summed E-state index contributed by atoms with van der Waals surface area (Å²) in [6.07, 6.45) is 0.596. The first kappa shape index (κ1) is 26.5. The average Bonchev–Trinajstić information content (AvgIpc) is 2.95. The SMILES string of the molecule is COc1ccc(OCCCN2C(=O)COc3ccc(NC(=O)c4cc(OC)c(OC)c(OC)c4)cc32)cc1. The van der Waals surface area contributed by atoms with E-state index >= 15 is 0 Å². The molecule has 3 aromatic rings. The van der Waals surface area contributed by atoms with Gasteiger partial charge in [-0.05, 0) is 61.0 Å². The van der Waals surface area contributed by atoms with E-state index < -0.39 is 0 Å². The normalized spacial score (nSPS) is 12.2. The van der Waals surface area contributed by atoms with Gasteiger partial charge in [-0.1, -0.05) is 0 Å². The molecule has 3 aromatic carbocycles. The van der Waals surface area contributed by atoms with Gasteiger partial charge in [-0.3, -0.25) is 9.59 Å². The summed E-state index contributed by atoms with van der Waals surface area (Å²) in [6.45, 7) is 0.795. The van der Waals surface area contributed by atoms with Crippen molar-refractivity contribution >= 4 is 23.2 Å². The summed E-state index contributed by atoms with van der Waals surface area (Å²) in [5, 5.41) is 2.86. The zero-order valence-corrected chi connectivity index (χ0v) is 21.7. The molecule has 0 aliphatic carbocycles. The Bertz CT molecular complexity index is 1270. The summed E-state index contributed by atoms with van der Waals surface area (Å²) in [6, 6.07) is 15.6. The number of rotatable bonds is 11.